The van der Waals surface area contributed by atoms with Crippen LogP contribution < -0.4 is 5.32 Å². The number of nitrogens with one attached hydrogen (secondary N) is 1. The highest BCUT2D eigenvalue weighted by Gasteiger charge is 2.30. The van der Waals surface area contributed by atoms with Crippen LogP contribution in [0.25, 0.3) is 0 Å². The summed E-state index contributed by atoms with van der Waals surface area (Å²) < 4.78 is 65.8. The second-order valence-electron chi connectivity index (χ2n) is 4.46. The highest BCUT2D eigenvalue weighted by molar-refractivity contribution is 5.49. The molecule has 1 atom stereocenters. The summed E-state index contributed by atoms with van der Waals surface area (Å²) in [6, 6.07) is 0. The third-order valence-corrected chi connectivity index (χ3v) is 3.08. The zero-order valence-corrected chi connectivity index (χ0v) is 10.5. The van der Waals surface area contributed by atoms with Gasteiger partial charge in [0.1, 0.15) is 5.69 Å². The summed E-state index contributed by atoms with van der Waals surface area (Å²) in [7, 11) is 0. The van der Waals surface area contributed by atoms with E-state index in [1.165, 1.54) is 6.92 Å². The molecule has 0 aliphatic carbocycles. The highest BCUT2D eigenvalue weighted by Crippen LogP contribution is 2.31. The highest BCUT2D eigenvalue weighted by atomic mass is 19.2. The van der Waals surface area contributed by atoms with Gasteiger partial charge in [-0.15, -0.1) is 0 Å². The Morgan fingerprint density at radius 1 is 0.947 bits per heavy atom. The van der Waals surface area contributed by atoms with Gasteiger partial charge >= 0.3 is 0 Å². The molecule has 1 aromatic rings. The first kappa shape index (κ1) is 15.7. The van der Waals surface area contributed by atoms with Crippen LogP contribution in [0.5, 0.6) is 0 Å². The maximum Gasteiger partial charge on any atom is 0.200 e. The molecule has 0 aliphatic heterocycles. The summed E-state index contributed by atoms with van der Waals surface area (Å²) in [6.45, 7) is 2.89. The van der Waals surface area contributed by atoms with E-state index in [-0.39, 0.29) is 13.0 Å². The lowest BCUT2D eigenvalue weighted by atomic mass is 9.94. The molecular formula is C12H14F5NO. The smallest absolute Gasteiger partial charge is 0.200 e. The van der Waals surface area contributed by atoms with Crippen molar-refractivity contribution in [1.82, 2.24) is 0 Å². The number of benzene rings is 1. The maximum absolute atomic E-state index is 13.5. The first-order chi connectivity index (χ1) is 8.77. The SMILES string of the molecule is CCC(C)(CCO)Nc1c(F)c(F)c(F)c(F)c1F. The largest absolute Gasteiger partial charge is 0.396 e. The summed E-state index contributed by atoms with van der Waals surface area (Å²) in [6.07, 6.45) is 0.427. The number of aliphatic hydroxyl groups excluding tert-OH is 1. The monoisotopic (exact) mass is 283 g/mol. The first-order valence-electron chi connectivity index (χ1n) is 5.68. The molecule has 0 heterocycles. The third-order valence-electron chi connectivity index (χ3n) is 3.08. The average molecular weight is 283 g/mol. The van der Waals surface area contributed by atoms with Crippen LogP contribution in [0.2, 0.25) is 0 Å². The van der Waals surface area contributed by atoms with E-state index in [9.17, 15) is 22.0 Å². The second-order valence-corrected chi connectivity index (χ2v) is 4.46. The van der Waals surface area contributed by atoms with Crippen molar-refractivity contribution in [3.05, 3.63) is 29.1 Å². The lowest BCUT2D eigenvalue weighted by Crippen LogP contribution is -2.36. The van der Waals surface area contributed by atoms with Gasteiger partial charge in [0.2, 0.25) is 5.82 Å². The number of hydrogen-bond acceptors (Lipinski definition) is 2. The predicted molar refractivity (Wildman–Crippen MR) is 60.3 cm³/mol. The first-order valence-corrected chi connectivity index (χ1v) is 5.68. The number of halogens is 5. The summed E-state index contributed by atoms with van der Waals surface area (Å²) in [5.74, 6) is -10.0. The molecule has 19 heavy (non-hydrogen) atoms. The molecule has 0 spiro atoms. The molecule has 0 bridgehead atoms. The maximum atomic E-state index is 13.5. The molecule has 1 unspecified atom stereocenters. The molecule has 0 saturated carbocycles. The molecule has 0 amide bonds. The van der Waals surface area contributed by atoms with Crippen molar-refractivity contribution < 1.29 is 27.1 Å². The Labute approximate surface area is 107 Å². The van der Waals surface area contributed by atoms with Gasteiger partial charge in [0, 0.05) is 12.1 Å². The van der Waals surface area contributed by atoms with Gasteiger partial charge in [0.05, 0.1) is 0 Å². The summed E-state index contributed by atoms with van der Waals surface area (Å²) in [5.41, 5.74) is -2.05. The van der Waals surface area contributed by atoms with Gasteiger partial charge in [-0.2, -0.15) is 0 Å². The van der Waals surface area contributed by atoms with E-state index in [0.29, 0.717) is 6.42 Å². The second kappa shape index (κ2) is 5.73. The molecule has 108 valence electrons. The Morgan fingerprint density at radius 3 is 1.74 bits per heavy atom. The van der Waals surface area contributed by atoms with E-state index >= 15 is 0 Å². The molecule has 0 radical (unpaired) electrons. The minimum Gasteiger partial charge on any atom is -0.396 e. The lowest BCUT2D eigenvalue weighted by molar-refractivity contribution is 0.251. The zero-order valence-electron chi connectivity index (χ0n) is 10.5. The number of aliphatic hydroxyl groups is 1. The average Bonchev–Trinajstić information content (AvgIpc) is 2.39. The minimum absolute atomic E-state index is 0.100. The number of rotatable bonds is 5. The van der Waals surface area contributed by atoms with E-state index in [4.69, 9.17) is 5.11 Å². The minimum atomic E-state index is -2.19. The fourth-order valence-electron chi connectivity index (χ4n) is 1.59. The Kier molecular flexibility index (Phi) is 4.73. The quantitative estimate of drug-likeness (QED) is 0.493. The molecule has 0 saturated heterocycles. The van der Waals surface area contributed by atoms with Crippen molar-refractivity contribution in [1.29, 1.82) is 0 Å². The van der Waals surface area contributed by atoms with Crippen LogP contribution in [0.4, 0.5) is 27.6 Å². The van der Waals surface area contributed by atoms with Crippen molar-refractivity contribution >= 4 is 5.69 Å². The molecule has 2 N–H and O–H groups in total. The lowest BCUT2D eigenvalue weighted by Gasteiger charge is -2.30. The van der Waals surface area contributed by atoms with Crippen LogP contribution >= 0.6 is 0 Å². The number of anilines is 1. The van der Waals surface area contributed by atoms with Crippen LogP contribution in [0, 0.1) is 29.1 Å². The summed E-state index contributed by atoms with van der Waals surface area (Å²) >= 11 is 0. The van der Waals surface area contributed by atoms with Crippen molar-refractivity contribution in [3.8, 4) is 0 Å². The zero-order chi connectivity index (χ0) is 14.8. The van der Waals surface area contributed by atoms with Crippen LogP contribution in [-0.4, -0.2) is 17.3 Å². The standard InChI is InChI=1S/C12H14F5NO/c1-3-12(2,4-5-19)18-11-9(16)7(14)6(13)8(15)10(11)17/h18-19H,3-5H2,1-2H3. The molecule has 1 rings (SSSR count). The van der Waals surface area contributed by atoms with E-state index in [0.717, 1.165) is 0 Å². The third kappa shape index (κ3) is 2.97. The van der Waals surface area contributed by atoms with Gasteiger partial charge in [0.15, 0.2) is 23.3 Å². The Morgan fingerprint density at radius 2 is 1.37 bits per heavy atom. The van der Waals surface area contributed by atoms with E-state index in [1.54, 1.807) is 6.92 Å². The van der Waals surface area contributed by atoms with Crippen LogP contribution in [0.3, 0.4) is 0 Å². The molecule has 0 aliphatic rings. The summed E-state index contributed by atoms with van der Waals surface area (Å²) in [5, 5.41) is 11.2. The van der Waals surface area contributed by atoms with Gasteiger partial charge < -0.3 is 10.4 Å². The molecule has 0 aromatic heterocycles. The Balaban J connectivity index is 3.28. The van der Waals surface area contributed by atoms with Crippen LogP contribution in [0.15, 0.2) is 0 Å². The van der Waals surface area contributed by atoms with Gasteiger partial charge in [-0.3, -0.25) is 0 Å². The van der Waals surface area contributed by atoms with E-state index in [2.05, 4.69) is 5.32 Å². The van der Waals surface area contributed by atoms with Crippen LogP contribution in [-0.2, 0) is 0 Å². The van der Waals surface area contributed by atoms with Crippen molar-refractivity contribution in [2.45, 2.75) is 32.2 Å². The van der Waals surface area contributed by atoms with Gasteiger partial charge in [-0.25, -0.2) is 22.0 Å². The van der Waals surface area contributed by atoms with Crippen molar-refractivity contribution in [3.63, 3.8) is 0 Å². The van der Waals surface area contributed by atoms with Crippen molar-refractivity contribution in [2.24, 2.45) is 0 Å². The number of hydrogen-bond donors (Lipinski definition) is 2. The topological polar surface area (TPSA) is 32.3 Å². The fraction of sp³-hybridized carbons (Fsp3) is 0.500. The van der Waals surface area contributed by atoms with Crippen LogP contribution in [0.1, 0.15) is 26.7 Å². The van der Waals surface area contributed by atoms with E-state index < -0.39 is 40.3 Å². The molecular weight excluding hydrogens is 269 g/mol. The molecule has 1 aromatic carbocycles. The Hall–Kier alpha value is -1.37. The predicted octanol–water partition coefficient (Wildman–Crippen LogP) is 3.35. The molecule has 0 fully saturated rings. The Bertz CT molecular complexity index is 451. The van der Waals surface area contributed by atoms with E-state index in [1.807, 2.05) is 0 Å². The normalized spacial score (nSPS) is 14.3. The van der Waals surface area contributed by atoms with Gasteiger partial charge in [-0.1, -0.05) is 6.92 Å². The van der Waals surface area contributed by atoms with Gasteiger partial charge in [0.25, 0.3) is 0 Å². The molecule has 2 nitrogen and oxygen atoms in total. The van der Waals surface area contributed by atoms with Crippen molar-refractivity contribution in [2.75, 3.05) is 11.9 Å². The molecule has 7 heteroatoms. The summed E-state index contributed by atoms with van der Waals surface area (Å²) in [4.78, 5) is 0. The van der Waals surface area contributed by atoms with Gasteiger partial charge in [-0.05, 0) is 19.8 Å². The fourth-order valence-corrected chi connectivity index (χ4v) is 1.59.